The summed E-state index contributed by atoms with van der Waals surface area (Å²) in [7, 11) is 0. The Bertz CT molecular complexity index is 429. The maximum Gasteiger partial charge on any atom is 0.254 e. The number of carbonyl (C=O) groups is 1. The molecule has 0 saturated heterocycles. The number of rotatable bonds is 4. The summed E-state index contributed by atoms with van der Waals surface area (Å²) in [5.74, 6) is 0.0660. The van der Waals surface area contributed by atoms with Crippen LogP contribution in [0.25, 0.3) is 0 Å². The Morgan fingerprint density at radius 1 is 1.53 bits per heavy atom. The summed E-state index contributed by atoms with van der Waals surface area (Å²) in [6, 6.07) is 5.52. The molecule has 1 aromatic rings. The molecule has 0 heterocycles. The summed E-state index contributed by atoms with van der Waals surface area (Å²) in [5.41, 5.74) is 6.78. The molecule has 1 amide bonds. The normalized spacial score (nSPS) is 14.7. The lowest BCUT2D eigenvalue weighted by Crippen LogP contribution is -2.33. The predicted octanol–water partition coefficient (Wildman–Crippen LogP) is 2.94. The maximum atomic E-state index is 12.3. The van der Waals surface area contributed by atoms with E-state index in [1.807, 2.05) is 4.90 Å². The van der Waals surface area contributed by atoms with Crippen molar-refractivity contribution in [1.82, 2.24) is 4.90 Å². The van der Waals surface area contributed by atoms with E-state index in [0.717, 1.165) is 25.8 Å². The van der Waals surface area contributed by atoms with Crippen molar-refractivity contribution in [2.24, 2.45) is 0 Å². The Balaban J connectivity index is 2.19. The van der Waals surface area contributed by atoms with Crippen molar-refractivity contribution in [2.45, 2.75) is 32.2 Å². The number of hydrogen-bond acceptors (Lipinski definition) is 2. The summed E-state index contributed by atoms with van der Waals surface area (Å²) >= 11 is 5.94. The van der Waals surface area contributed by atoms with Crippen molar-refractivity contribution >= 4 is 23.2 Å². The van der Waals surface area contributed by atoms with Crippen LogP contribution in [0.4, 0.5) is 5.69 Å². The second-order valence-electron chi connectivity index (χ2n) is 4.47. The van der Waals surface area contributed by atoms with Crippen LogP contribution in [0.2, 0.25) is 5.02 Å². The SMILES string of the molecule is CCCN(C(=O)c1ccc(N)c(Cl)c1)C1CC1. The van der Waals surface area contributed by atoms with Crippen molar-refractivity contribution in [3.8, 4) is 0 Å². The first kappa shape index (κ1) is 12.2. The number of hydrogen-bond donors (Lipinski definition) is 1. The van der Waals surface area contributed by atoms with Crippen molar-refractivity contribution in [3.05, 3.63) is 28.8 Å². The third-order valence-electron chi connectivity index (χ3n) is 2.96. The van der Waals surface area contributed by atoms with Crippen LogP contribution >= 0.6 is 11.6 Å². The minimum atomic E-state index is 0.0660. The van der Waals surface area contributed by atoms with Gasteiger partial charge in [-0.05, 0) is 37.5 Å². The van der Waals surface area contributed by atoms with Gasteiger partial charge in [0.15, 0.2) is 0 Å². The number of carbonyl (C=O) groups excluding carboxylic acids is 1. The van der Waals surface area contributed by atoms with Crippen LogP contribution in [0.3, 0.4) is 0 Å². The van der Waals surface area contributed by atoms with Gasteiger partial charge >= 0.3 is 0 Å². The van der Waals surface area contributed by atoms with E-state index >= 15 is 0 Å². The van der Waals surface area contributed by atoms with E-state index in [0.29, 0.717) is 22.3 Å². The van der Waals surface area contributed by atoms with E-state index < -0.39 is 0 Å². The van der Waals surface area contributed by atoms with E-state index in [9.17, 15) is 4.79 Å². The molecular weight excluding hydrogens is 236 g/mol. The van der Waals surface area contributed by atoms with Crippen molar-refractivity contribution < 1.29 is 4.79 Å². The van der Waals surface area contributed by atoms with Gasteiger partial charge in [0.2, 0.25) is 0 Å². The average molecular weight is 253 g/mol. The highest BCUT2D eigenvalue weighted by Crippen LogP contribution is 2.29. The third-order valence-corrected chi connectivity index (χ3v) is 3.29. The number of nitrogens with zero attached hydrogens (tertiary/aromatic N) is 1. The number of amides is 1. The highest BCUT2D eigenvalue weighted by molar-refractivity contribution is 6.33. The molecule has 0 radical (unpaired) electrons. The maximum absolute atomic E-state index is 12.3. The van der Waals surface area contributed by atoms with E-state index in [1.165, 1.54) is 0 Å². The van der Waals surface area contributed by atoms with Crippen LogP contribution in [0.1, 0.15) is 36.5 Å². The first-order valence-electron chi connectivity index (χ1n) is 5.99. The lowest BCUT2D eigenvalue weighted by molar-refractivity contribution is 0.0743. The summed E-state index contributed by atoms with van der Waals surface area (Å²) in [5, 5.41) is 0.447. The molecule has 0 spiro atoms. The minimum Gasteiger partial charge on any atom is -0.398 e. The van der Waals surface area contributed by atoms with Crippen LogP contribution < -0.4 is 5.73 Å². The molecule has 92 valence electrons. The van der Waals surface area contributed by atoms with Gasteiger partial charge in [-0.25, -0.2) is 0 Å². The predicted molar refractivity (Wildman–Crippen MR) is 70.2 cm³/mol. The third kappa shape index (κ3) is 2.72. The quantitative estimate of drug-likeness (QED) is 0.838. The molecule has 1 saturated carbocycles. The number of nitrogen functional groups attached to an aromatic ring is 1. The molecule has 1 aliphatic carbocycles. The fraction of sp³-hybridized carbons (Fsp3) is 0.462. The highest BCUT2D eigenvalue weighted by Gasteiger charge is 2.32. The van der Waals surface area contributed by atoms with Crippen molar-refractivity contribution in [3.63, 3.8) is 0 Å². The largest absolute Gasteiger partial charge is 0.398 e. The highest BCUT2D eigenvalue weighted by atomic mass is 35.5. The standard InChI is InChI=1S/C13H17ClN2O/c1-2-7-16(10-4-5-10)13(17)9-3-6-12(15)11(14)8-9/h3,6,8,10H,2,4-5,7,15H2,1H3. The lowest BCUT2D eigenvalue weighted by atomic mass is 10.1. The molecular formula is C13H17ClN2O. The zero-order valence-electron chi connectivity index (χ0n) is 9.95. The summed E-state index contributed by atoms with van der Waals surface area (Å²) in [4.78, 5) is 14.3. The molecule has 0 aromatic heterocycles. The zero-order valence-corrected chi connectivity index (χ0v) is 10.7. The van der Waals surface area contributed by atoms with E-state index in [2.05, 4.69) is 6.92 Å². The molecule has 1 aliphatic rings. The van der Waals surface area contributed by atoms with Gasteiger partial charge < -0.3 is 10.6 Å². The summed E-state index contributed by atoms with van der Waals surface area (Å²) in [6.07, 6.45) is 3.22. The van der Waals surface area contributed by atoms with Gasteiger partial charge in [0, 0.05) is 18.2 Å². The Kier molecular flexibility index (Phi) is 3.57. The van der Waals surface area contributed by atoms with Crippen molar-refractivity contribution in [1.29, 1.82) is 0 Å². The van der Waals surface area contributed by atoms with Crippen molar-refractivity contribution in [2.75, 3.05) is 12.3 Å². The van der Waals surface area contributed by atoms with Gasteiger partial charge in [-0.2, -0.15) is 0 Å². The zero-order chi connectivity index (χ0) is 12.4. The van der Waals surface area contributed by atoms with Gasteiger partial charge in [0.1, 0.15) is 0 Å². The van der Waals surface area contributed by atoms with Gasteiger partial charge in [0.05, 0.1) is 10.7 Å². The van der Waals surface area contributed by atoms with Gasteiger partial charge in [-0.1, -0.05) is 18.5 Å². The number of benzene rings is 1. The molecule has 1 fully saturated rings. The molecule has 3 nitrogen and oxygen atoms in total. The average Bonchev–Trinajstić information content (AvgIpc) is 3.13. The van der Waals surface area contributed by atoms with Crippen LogP contribution in [-0.2, 0) is 0 Å². The molecule has 2 rings (SSSR count). The molecule has 4 heteroatoms. The number of nitrogens with two attached hydrogens (primary N) is 1. The molecule has 17 heavy (non-hydrogen) atoms. The topological polar surface area (TPSA) is 46.3 Å². The van der Waals surface area contributed by atoms with Crippen LogP contribution in [0.5, 0.6) is 0 Å². The first-order valence-corrected chi connectivity index (χ1v) is 6.37. The van der Waals surface area contributed by atoms with Gasteiger partial charge in [-0.15, -0.1) is 0 Å². The Morgan fingerprint density at radius 2 is 2.24 bits per heavy atom. The Hall–Kier alpha value is -1.22. The molecule has 0 unspecified atom stereocenters. The lowest BCUT2D eigenvalue weighted by Gasteiger charge is -2.22. The van der Waals surface area contributed by atoms with E-state index in [1.54, 1.807) is 18.2 Å². The van der Waals surface area contributed by atoms with E-state index in [4.69, 9.17) is 17.3 Å². The molecule has 0 atom stereocenters. The van der Waals surface area contributed by atoms with Gasteiger partial charge in [-0.3, -0.25) is 4.79 Å². The van der Waals surface area contributed by atoms with E-state index in [-0.39, 0.29) is 5.91 Å². The molecule has 1 aromatic carbocycles. The second-order valence-corrected chi connectivity index (χ2v) is 4.87. The summed E-state index contributed by atoms with van der Waals surface area (Å²) in [6.45, 7) is 2.89. The monoisotopic (exact) mass is 252 g/mol. The smallest absolute Gasteiger partial charge is 0.254 e. The fourth-order valence-corrected chi connectivity index (χ4v) is 2.08. The molecule has 0 bridgehead atoms. The first-order chi connectivity index (χ1) is 8.13. The van der Waals surface area contributed by atoms with Crippen LogP contribution in [-0.4, -0.2) is 23.4 Å². The van der Waals surface area contributed by atoms with Gasteiger partial charge in [0.25, 0.3) is 5.91 Å². The Labute approximate surface area is 107 Å². The van der Waals surface area contributed by atoms with Crippen LogP contribution in [0, 0.1) is 0 Å². The number of anilines is 1. The fourth-order valence-electron chi connectivity index (χ4n) is 1.90. The Morgan fingerprint density at radius 3 is 2.76 bits per heavy atom. The molecule has 2 N–H and O–H groups in total. The summed E-state index contributed by atoms with van der Waals surface area (Å²) < 4.78 is 0. The number of halogens is 1. The molecule has 0 aliphatic heterocycles. The minimum absolute atomic E-state index is 0.0660. The van der Waals surface area contributed by atoms with Crippen LogP contribution in [0.15, 0.2) is 18.2 Å². The second kappa shape index (κ2) is 4.96.